The summed E-state index contributed by atoms with van der Waals surface area (Å²) in [5, 5.41) is 16.6. The Balaban J connectivity index is 3.50. The van der Waals surface area contributed by atoms with Crippen LogP contribution in [0.4, 0.5) is 0 Å². The number of hydrogen-bond acceptors (Lipinski definition) is 4. The zero-order chi connectivity index (χ0) is 7.98. The number of ether oxygens (including phenoxy) is 2. The van der Waals surface area contributed by atoms with Gasteiger partial charge in [0, 0.05) is 7.11 Å². The topological polar surface area (TPSA) is 76.0 Å². The average Bonchev–Trinajstić information content (AvgIpc) is 1.89. The number of methoxy groups -OCH3 is 1. The molecule has 0 aromatic rings. The number of hydrogen-bond donors (Lipinski definition) is 2. The Bertz CT molecular complexity index is 102. The Labute approximate surface area is 58.2 Å². The fraction of sp³-hybridized carbons (Fsp3) is 0.800. The highest BCUT2D eigenvalue weighted by Crippen LogP contribution is 1.89. The molecule has 0 bridgehead atoms. The molecule has 0 unspecified atom stereocenters. The summed E-state index contributed by atoms with van der Waals surface area (Å²) in [6.45, 7) is -0.670. The summed E-state index contributed by atoms with van der Waals surface area (Å²) < 4.78 is 8.96. The van der Waals surface area contributed by atoms with E-state index in [9.17, 15) is 4.79 Å². The van der Waals surface area contributed by atoms with Crippen LogP contribution in [0.25, 0.3) is 0 Å². The van der Waals surface area contributed by atoms with Crippen molar-refractivity contribution >= 4 is 5.97 Å². The van der Waals surface area contributed by atoms with Crippen LogP contribution in [0, 0.1) is 0 Å². The van der Waals surface area contributed by atoms with Crippen molar-refractivity contribution in [2.75, 3.05) is 20.5 Å². The number of carboxylic acids is 1. The molecule has 0 heterocycles. The van der Waals surface area contributed by atoms with Crippen molar-refractivity contribution in [2.24, 2.45) is 0 Å². The van der Waals surface area contributed by atoms with E-state index in [1.165, 1.54) is 7.11 Å². The Morgan fingerprint density at radius 3 is 2.60 bits per heavy atom. The van der Waals surface area contributed by atoms with Crippen LogP contribution in [-0.4, -0.2) is 42.8 Å². The molecule has 0 aliphatic carbocycles. The highest BCUT2D eigenvalue weighted by atomic mass is 16.7. The number of rotatable bonds is 5. The third kappa shape index (κ3) is 3.39. The zero-order valence-electron chi connectivity index (χ0n) is 5.61. The molecule has 0 radical (unpaired) electrons. The molecule has 0 spiro atoms. The van der Waals surface area contributed by atoms with Gasteiger partial charge in [0.15, 0.2) is 6.10 Å². The predicted octanol–water partition coefficient (Wildman–Crippen LogP) is -0.948. The molecule has 10 heavy (non-hydrogen) atoms. The molecule has 2 N–H and O–H groups in total. The summed E-state index contributed by atoms with van der Waals surface area (Å²) in [6.07, 6.45) is -1.18. The van der Waals surface area contributed by atoms with Gasteiger partial charge in [0.05, 0.1) is 6.61 Å². The molecule has 5 nitrogen and oxygen atoms in total. The minimum absolute atomic E-state index is 0.127. The van der Waals surface area contributed by atoms with Crippen LogP contribution in [0.5, 0.6) is 0 Å². The lowest BCUT2D eigenvalue weighted by Crippen LogP contribution is -2.28. The van der Waals surface area contributed by atoms with E-state index in [0.717, 1.165) is 0 Å². The molecule has 0 aliphatic heterocycles. The monoisotopic (exact) mass is 150 g/mol. The standard InChI is InChI=1S/C5H10O5/c1-9-3-10-4(2-6)5(7)8/h4,6H,2-3H2,1H3,(H,7,8)/t4-/m0/s1. The van der Waals surface area contributed by atoms with Crippen molar-refractivity contribution in [3.05, 3.63) is 0 Å². The molecular weight excluding hydrogens is 140 g/mol. The minimum Gasteiger partial charge on any atom is -0.479 e. The third-order valence-corrected chi connectivity index (χ3v) is 0.828. The van der Waals surface area contributed by atoms with E-state index in [-0.39, 0.29) is 6.79 Å². The van der Waals surface area contributed by atoms with E-state index in [2.05, 4.69) is 9.47 Å². The molecule has 0 aromatic heterocycles. The maximum Gasteiger partial charge on any atom is 0.335 e. The molecule has 0 rings (SSSR count). The fourth-order valence-electron chi connectivity index (χ4n) is 0.352. The van der Waals surface area contributed by atoms with E-state index in [4.69, 9.17) is 10.2 Å². The quantitative estimate of drug-likeness (QED) is 0.494. The molecule has 0 amide bonds. The molecule has 5 heteroatoms. The first-order chi connectivity index (χ1) is 4.72. The molecule has 0 aliphatic rings. The fourth-order valence-corrected chi connectivity index (χ4v) is 0.352. The largest absolute Gasteiger partial charge is 0.479 e. The lowest BCUT2D eigenvalue weighted by Gasteiger charge is -2.08. The highest BCUT2D eigenvalue weighted by molar-refractivity contribution is 5.72. The van der Waals surface area contributed by atoms with E-state index >= 15 is 0 Å². The molecule has 0 saturated heterocycles. The van der Waals surface area contributed by atoms with Crippen molar-refractivity contribution in [2.45, 2.75) is 6.10 Å². The van der Waals surface area contributed by atoms with Gasteiger partial charge >= 0.3 is 5.97 Å². The van der Waals surface area contributed by atoms with Gasteiger partial charge in [-0.25, -0.2) is 4.79 Å². The molecular formula is C5H10O5. The van der Waals surface area contributed by atoms with Gasteiger partial charge in [0.2, 0.25) is 0 Å². The first-order valence-corrected chi connectivity index (χ1v) is 2.66. The molecule has 0 fully saturated rings. The first-order valence-electron chi connectivity index (χ1n) is 2.66. The van der Waals surface area contributed by atoms with E-state index in [1.54, 1.807) is 0 Å². The lowest BCUT2D eigenvalue weighted by molar-refractivity contribution is -0.162. The van der Waals surface area contributed by atoms with Gasteiger partial charge in [0.25, 0.3) is 0 Å². The van der Waals surface area contributed by atoms with Gasteiger partial charge in [-0.1, -0.05) is 0 Å². The molecule has 60 valence electrons. The summed E-state index contributed by atoms with van der Waals surface area (Å²) in [5.41, 5.74) is 0. The van der Waals surface area contributed by atoms with Crippen molar-refractivity contribution in [3.63, 3.8) is 0 Å². The van der Waals surface area contributed by atoms with Crippen molar-refractivity contribution in [3.8, 4) is 0 Å². The van der Waals surface area contributed by atoms with Gasteiger partial charge in [-0.05, 0) is 0 Å². The maximum absolute atomic E-state index is 10.1. The van der Waals surface area contributed by atoms with Crippen LogP contribution >= 0.6 is 0 Å². The van der Waals surface area contributed by atoms with Gasteiger partial charge in [-0.3, -0.25) is 0 Å². The Morgan fingerprint density at radius 1 is 1.70 bits per heavy atom. The summed E-state index contributed by atoms with van der Waals surface area (Å²) in [5.74, 6) is -1.19. The summed E-state index contributed by atoms with van der Waals surface area (Å²) in [6, 6.07) is 0. The smallest absolute Gasteiger partial charge is 0.335 e. The lowest BCUT2D eigenvalue weighted by atomic mass is 10.4. The highest BCUT2D eigenvalue weighted by Gasteiger charge is 2.15. The van der Waals surface area contributed by atoms with Crippen LogP contribution < -0.4 is 0 Å². The molecule has 1 atom stereocenters. The number of aliphatic hydroxyl groups excluding tert-OH is 1. The number of carbonyl (C=O) groups is 1. The van der Waals surface area contributed by atoms with Gasteiger partial charge < -0.3 is 19.7 Å². The third-order valence-electron chi connectivity index (χ3n) is 0.828. The predicted molar refractivity (Wildman–Crippen MR) is 31.5 cm³/mol. The van der Waals surface area contributed by atoms with Crippen molar-refractivity contribution < 1.29 is 24.5 Å². The van der Waals surface area contributed by atoms with Crippen molar-refractivity contribution in [1.82, 2.24) is 0 Å². The zero-order valence-corrected chi connectivity index (χ0v) is 5.61. The van der Waals surface area contributed by atoms with Crippen LogP contribution in [0.1, 0.15) is 0 Å². The second-order valence-corrected chi connectivity index (χ2v) is 1.58. The van der Waals surface area contributed by atoms with Crippen molar-refractivity contribution in [1.29, 1.82) is 0 Å². The van der Waals surface area contributed by atoms with Gasteiger partial charge in [0.1, 0.15) is 6.79 Å². The normalized spacial score (nSPS) is 13.0. The molecule has 0 aromatic carbocycles. The molecule has 0 saturated carbocycles. The number of aliphatic hydroxyl groups is 1. The first kappa shape index (κ1) is 9.35. The van der Waals surface area contributed by atoms with Crippen LogP contribution in [0.15, 0.2) is 0 Å². The van der Waals surface area contributed by atoms with Crippen LogP contribution in [-0.2, 0) is 14.3 Å². The Hall–Kier alpha value is -0.650. The Kier molecular flexibility index (Phi) is 4.82. The second-order valence-electron chi connectivity index (χ2n) is 1.58. The van der Waals surface area contributed by atoms with Gasteiger partial charge in [-0.2, -0.15) is 0 Å². The maximum atomic E-state index is 10.1. The SMILES string of the molecule is COCO[C@@H](CO)C(=O)O. The van der Waals surface area contributed by atoms with Crippen LogP contribution in [0.3, 0.4) is 0 Å². The van der Waals surface area contributed by atoms with E-state index in [0.29, 0.717) is 0 Å². The van der Waals surface area contributed by atoms with E-state index < -0.39 is 18.7 Å². The summed E-state index contributed by atoms with van der Waals surface area (Å²) >= 11 is 0. The number of carboxylic acid groups (broad SMARTS) is 1. The van der Waals surface area contributed by atoms with Gasteiger partial charge in [-0.15, -0.1) is 0 Å². The minimum atomic E-state index is -1.19. The van der Waals surface area contributed by atoms with E-state index in [1.807, 2.05) is 0 Å². The average molecular weight is 150 g/mol. The summed E-state index contributed by atoms with van der Waals surface area (Å²) in [7, 11) is 1.37. The van der Waals surface area contributed by atoms with Crippen LogP contribution in [0.2, 0.25) is 0 Å². The Morgan fingerprint density at radius 2 is 2.30 bits per heavy atom. The number of aliphatic carboxylic acids is 1. The summed E-state index contributed by atoms with van der Waals surface area (Å²) in [4.78, 5) is 10.1. The second kappa shape index (κ2) is 5.16.